The molecule has 7 heteroatoms. The zero-order chi connectivity index (χ0) is 15.5. The molecule has 1 N–H and O–H groups in total. The quantitative estimate of drug-likeness (QED) is 0.865. The lowest BCUT2D eigenvalue weighted by molar-refractivity contribution is -0.137. The lowest BCUT2D eigenvalue weighted by Gasteiger charge is -2.27. The van der Waals surface area contributed by atoms with Gasteiger partial charge in [0, 0.05) is 17.6 Å². The summed E-state index contributed by atoms with van der Waals surface area (Å²) in [5.41, 5.74) is -0.0736. The number of halogens is 5. The Hall–Kier alpha value is -0.490. The van der Waals surface area contributed by atoms with Crippen molar-refractivity contribution in [3.05, 3.63) is 34.3 Å². The molecule has 1 heterocycles. The maximum absolute atomic E-state index is 12.8. The Morgan fingerprint density at radius 1 is 1.23 bits per heavy atom. The standard InChI is InChI=1S/C15H20ClF3N2.ClH/c1-21(14-3-2-5-20-6-4-14)10-11-7-12(15(17,18)19)9-13(16)8-11;/h7-9,14,20H,2-6,10H2,1H3;1H. The van der Waals surface area contributed by atoms with Crippen LogP contribution < -0.4 is 5.32 Å². The van der Waals surface area contributed by atoms with E-state index in [9.17, 15) is 13.2 Å². The minimum Gasteiger partial charge on any atom is -0.317 e. The highest BCUT2D eigenvalue weighted by Gasteiger charge is 2.31. The van der Waals surface area contributed by atoms with Crippen LogP contribution in [0, 0.1) is 0 Å². The van der Waals surface area contributed by atoms with Crippen LogP contribution in [0.4, 0.5) is 13.2 Å². The molecule has 1 fully saturated rings. The predicted molar refractivity (Wildman–Crippen MR) is 85.7 cm³/mol. The summed E-state index contributed by atoms with van der Waals surface area (Å²) in [4.78, 5) is 2.12. The summed E-state index contributed by atoms with van der Waals surface area (Å²) < 4.78 is 38.4. The summed E-state index contributed by atoms with van der Waals surface area (Å²) >= 11 is 5.82. The van der Waals surface area contributed by atoms with Gasteiger partial charge < -0.3 is 5.32 Å². The fourth-order valence-electron chi connectivity index (χ4n) is 2.76. The van der Waals surface area contributed by atoms with Crippen LogP contribution in [0.2, 0.25) is 5.02 Å². The van der Waals surface area contributed by atoms with Crippen LogP contribution in [-0.2, 0) is 12.7 Å². The molecule has 1 aliphatic rings. The second kappa shape index (κ2) is 8.39. The van der Waals surface area contributed by atoms with Gasteiger partial charge in [0.05, 0.1) is 5.56 Å². The van der Waals surface area contributed by atoms with Crippen LogP contribution >= 0.6 is 24.0 Å². The van der Waals surface area contributed by atoms with Crippen LogP contribution in [0.25, 0.3) is 0 Å². The molecule has 2 rings (SSSR count). The van der Waals surface area contributed by atoms with Crippen molar-refractivity contribution in [2.24, 2.45) is 0 Å². The second-order valence-corrected chi connectivity index (χ2v) is 6.03. The van der Waals surface area contributed by atoms with Crippen LogP contribution in [-0.4, -0.2) is 31.1 Å². The van der Waals surface area contributed by atoms with Crippen molar-refractivity contribution < 1.29 is 13.2 Å². The highest BCUT2D eigenvalue weighted by atomic mass is 35.5. The van der Waals surface area contributed by atoms with Crippen molar-refractivity contribution in [3.63, 3.8) is 0 Å². The third kappa shape index (κ3) is 5.61. The summed E-state index contributed by atoms with van der Waals surface area (Å²) in [5.74, 6) is 0. The number of nitrogens with one attached hydrogen (secondary N) is 1. The van der Waals surface area contributed by atoms with E-state index in [0.717, 1.165) is 38.4 Å². The Morgan fingerprint density at radius 3 is 2.64 bits per heavy atom. The smallest absolute Gasteiger partial charge is 0.317 e. The number of benzene rings is 1. The van der Waals surface area contributed by atoms with Crippen molar-refractivity contribution in [2.45, 2.75) is 38.0 Å². The summed E-state index contributed by atoms with van der Waals surface area (Å²) in [5, 5.41) is 3.47. The molecule has 0 amide bonds. The SMILES string of the molecule is CN(Cc1cc(Cl)cc(C(F)(F)F)c1)C1CCCNCC1.Cl. The third-order valence-corrected chi connectivity index (χ3v) is 4.10. The monoisotopic (exact) mass is 356 g/mol. The fourth-order valence-corrected chi connectivity index (χ4v) is 3.02. The van der Waals surface area contributed by atoms with E-state index in [1.807, 2.05) is 7.05 Å². The van der Waals surface area contributed by atoms with Crippen molar-refractivity contribution >= 4 is 24.0 Å². The van der Waals surface area contributed by atoms with E-state index >= 15 is 0 Å². The molecule has 22 heavy (non-hydrogen) atoms. The van der Waals surface area contributed by atoms with E-state index in [1.165, 1.54) is 6.07 Å². The zero-order valence-corrected chi connectivity index (χ0v) is 14.0. The molecule has 126 valence electrons. The van der Waals surface area contributed by atoms with Crippen molar-refractivity contribution in [2.75, 3.05) is 20.1 Å². The lowest BCUT2D eigenvalue weighted by atomic mass is 10.1. The Labute approximate surface area is 140 Å². The van der Waals surface area contributed by atoms with E-state index in [0.29, 0.717) is 18.2 Å². The minimum atomic E-state index is -4.36. The van der Waals surface area contributed by atoms with Gasteiger partial charge in [0.15, 0.2) is 0 Å². The molecule has 1 aliphatic heterocycles. The van der Waals surface area contributed by atoms with Crippen molar-refractivity contribution in [1.29, 1.82) is 0 Å². The summed E-state index contributed by atoms with van der Waals surface area (Å²) in [6.45, 7) is 2.45. The molecule has 1 atom stereocenters. The Kier molecular flexibility index (Phi) is 7.46. The molecule has 0 aromatic heterocycles. The number of hydrogen-bond donors (Lipinski definition) is 1. The van der Waals surface area contributed by atoms with Crippen LogP contribution in [0.1, 0.15) is 30.4 Å². The Morgan fingerprint density at radius 2 is 1.95 bits per heavy atom. The van der Waals surface area contributed by atoms with Crippen molar-refractivity contribution in [1.82, 2.24) is 10.2 Å². The highest BCUT2D eigenvalue weighted by molar-refractivity contribution is 6.30. The fraction of sp³-hybridized carbons (Fsp3) is 0.600. The molecule has 0 bridgehead atoms. The van der Waals surface area contributed by atoms with Gasteiger partial charge in [-0.3, -0.25) is 4.90 Å². The van der Waals surface area contributed by atoms with Crippen molar-refractivity contribution in [3.8, 4) is 0 Å². The van der Waals surface area contributed by atoms with Gasteiger partial charge in [-0.25, -0.2) is 0 Å². The maximum Gasteiger partial charge on any atom is 0.416 e. The summed E-state index contributed by atoms with van der Waals surface area (Å²) in [6.07, 6.45) is -1.18. The molecule has 1 saturated heterocycles. The van der Waals surface area contributed by atoms with Gasteiger partial charge in [0.1, 0.15) is 0 Å². The van der Waals surface area contributed by atoms with Gasteiger partial charge in [-0.2, -0.15) is 13.2 Å². The van der Waals surface area contributed by atoms with Gasteiger partial charge in [0.2, 0.25) is 0 Å². The van der Waals surface area contributed by atoms with E-state index in [2.05, 4.69) is 10.2 Å². The highest BCUT2D eigenvalue weighted by Crippen LogP contribution is 2.32. The first kappa shape index (κ1) is 19.6. The summed E-state index contributed by atoms with van der Waals surface area (Å²) in [6, 6.07) is 4.17. The second-order valence-electron chi connectivity index (χ2n) is 5.60. The molecule has 0 radical (unpaired) electrons. The average Bonchev–Trinajstić information content (AvgIpc) is 2.65. The molecular weight excluding hydrogens is 336 g/mol. The molecular formula is C15H21Cl2F3N2. The molecule has 0 aliphatic carbocycles. The van der Waals surface area contributed by atoms with Gasteiger partial charge in [-0.15, -0.1) is 12.4 Å². The van der Waals surface area contributed by atoms with Gasteiger partial charge >= 0.3 is 6.18 Å². The van der Waals surface area contributed by atoms with Gasteiger partial charge in [-0.05, 0) is 63.2 Å². The Balaban J connectivity index is 0.00000242. The number of hydrogen-bond acceptors (Lipinski definition) is 2. The molecule has 0 spiro atoms. The predicted octanol–water partition coefficient (Wildman–Crippen LogP) is 4.35. The largest absolute Gasteiger partial charge is 0.416 e. The van der Waals surface area contributed by atoms with Gasteiger partial charge in [-0.1, -0.05) is 11.6 Å². The lowest BCUT2D eigenvalue weighted by Crippen LogP contribution is -2.32. The third-order valence-electron chi connectivity index (χ3n) is 3.89. The molecule has 1 unspecified atom stereocenters. The molecule has 0 saturated carbocycles. The van der Waals surface area contributed by atoms with E-state index < -0.39 is 11.7 Å². The maximum atomic E-state index is 12.8. The molecule has 1 aromatic rings. The summed E-state index contributed by atoms with van der Waals surface area (Å²) in [7, 11) is 1.96. The number of rotatable bonds is 3. The van der Waals surface area contributed by atoms with E-state index in [1.54, 1.807) is 6.07 Å². The first-order valence-corrected chi connectivity index (χ1v) is 7.51. The van der Waals surface area contributed by atoms with E-state index in [4.69, 9.17) is 11.6 Å². The van der Waals surface area contributed by atoms with Crippen LogP contribution in [0.5, 0.6) is 0 Å². The average molecular weight is 357 g/mol. The normalized spacial score (nSPS) is 19.6. The first-order chi connectivity index (χ1) is 9.86. The number of alkyl halides is 3. The van der Waals surface area contributed by atoms with Gasteiger partial charge in [0.25, 0.3) is 0 Å². The first-order valence-electron chi connectivity index (χ1n) is 7.14. The minimum absolute atomic E-state index is 0. The van der Waals surface area contributed by atoms with Crippen LogP contribution in [0.3, 0.4) is 0 Å². The number of nitrogens with zero attached hydrogens (tertiary/aromatic N) is 1. The van der Waals surface area contributed by atoms with Crippen LogP contribution in [0.15, 0.2) is 18.2 Å². The van der Waals surface area contributed by atoms with E-state index in [-0.39, 0.29) is 17.4 Å². The topological polar surface area (TPSA) is 15.3 Å². The molecule has 2 nitrogen and oxygen atoms in total. The molecule has 1 aromatic carbocycles. The Bertz CT molecular complexity index is 472. The zero-order valence-electron chi connectivity index (χ0n) is 12.4.